The molecule has 0 saturated heterocycles. The van der Waals surface area contributed by atoms with Crippen molar-refractivity contribution < 1.29 is 4.42 Å². The van der Waals surface area contributed by atoms with Crippen molar-refractivity contribution in [1.82, 2.24) is 19.7 Å². The van der Waals surface area contributed by atoms with E-state index in [2.05, 4.69) is 68.8 Å². The van der Waals surface area contributed by atoms with Crippen molar-refractivity contribution in [2.24, 2.45) is 0 Å². The molecule has 0 spiro atoms. The van der Waals surface area contributed by atoms with Gasteiger partial charge in [-0.2, -0.15) is 0 Å². The maximum Gasteiger partial charge on any atom is 0.268 e. The van der Waals surface area contributed by atoms with Crippen LogP contribution in [0.15, 0.2) is 75.6 Å². The smallest absolute Gasteiger partial charge is 0.268 e. The molecule has 1 saturated carbocycles. The summed E-state index contributed by atoms with van der Waals surface area (Å²) in [5, 5.41) is 10.1. The van der Waals surface area contributed by atoms with E-state index in [9.17, 15) is 0 Å². The Morgan fingerprint density at radius 3 is 2.35 bits per heavy atom. The Bertz CT molecular complexity index is 1600. The fraction of sp³-hybridized carbons (Fsp3) is 0.207. The van der Waals surface area contributed by atoms with Crippen LogP contribution in [-0.2, 0) is 11.8 Å². The molecule has 1 aliphatic carbocycles. The Morgan fingerprint density at radius 2 is 1.70 bits per heavy atom. The van der Waals surface area contributed by atoms with Crippen LogP contribution in [0.5, 0.6) is 0 Å². The molecule has 0 amide bonds. The molecule has 2 aromatic heterocycles. The largest absolute Gasteiger partial charge is 0.418 e. The molecule has 37 heavy (non-hydrogen) atoms. The third-order valence-corrected chi connectivity index (χ3v) is 8.03. The molecule has 1 fully saturated rings. The second kappa shape index (κ2) is 9.43. The lowest BCUT2D eigenvalue weighted by Gasteiger charge is -2.13. The predicted octanol–water partition coefficient (Wildman–Crippen LogP) is 8.61. The normalized spacial score (nSPS) is 14.2. The number of rotatable bonds is 6. The van der Waals surface area contributed by atoms with E-state index in [-0.39, 0.29) is 5.41 Å². The second-order valence-electron chi connectivity index (χ2n) is 9.38. The van der Waals surface area contributed by atoms with E-state index in [1.54, 1.807) is 6.07 Å². The molecular weight excluding hydrogens is 571 g/mol. The topological polar surface area (TPSA) is 56.7 Å². The van der Waals surface area contributed by atoms with Crippen molar-refractivity contribution in [3.8, 4) is 28.7 Å². The monoisotopic (exact) mass is 592 g/mol. The Labute approximate surface area is 233 Å². The first-order valence-corrected chi connectivity index (χ1v) is 13.7. The minimum atomic E-state index is -0.220. The van der Waals surface area contributed by atoms with Gasteiger partial charge in [-0.15, -0.1) is 10.2 Å². The number of imidazole rings is 1. The Balaban J connectivity index is 1.51. The van der Waals surface area contributed by atoms with E-state index in [0.29, 0.717) is 39.8 Å². The average Bonchev–Trinajstić information content (AvgIpc) is 3.38. The van der Waals surface area contributed by atoms with Gasteiger partial charge in [0.2, 0.25) is 5.89 Å². The van der Waals surface area contributed by atoms with Crippen LogP contribution in [0.25, 0.3) is 28.7 Å². The minimum absolute atomic E-state index is 0.220. The molecule has 3 aromatic carbocycles. The zero-order valence-electron chi connectivity index (χ0n) is 20.3. The number of aromatic nitrogens is 4. The average molecular weight is 594 g/mol. The summed E-state index contributed by atoms with van der Waals surface area (Å²) >= 11 is 16.4. The summed E-state index contributed by atoms with van der Waals surface area (Å²) in [5.74, 6) is 1.74. The highest BCUT2D eigenvalue weighted by Gasteiger charge is 2.51. The van der Waals surface area contributed by atoms with Crippen LogP contribution in [-0.4, -0.2) is 19.7 Å². The molecule has 5 nitrogen and oxygen atoms in total. The molecule has 0 N–H and O–H groups in total. The summed E-state index contributed by atoms with van der Waals surface area (Å²) in [7, 11) is 0. The molecule has 6 rings (SSSR count). The summed E-state index contributed by atoms with van der Waals surface area (Å²) in [6.07, 6.45) is 2.67. The molecule has 8 heteroatoms. The second-order valence-corrected chi connectivity index (χ2v) is 11.1. The van der Waals surface area contributed by atoms with Crippen LogP contribution in [0.3, 0.4) is 0 Å². The Hall–Kier alpha value is -2.93. The number of nitrogens with zero attached hydrogens (tertiary/aromatic N) is 4. The molecule has 0 bridgehead atoms. The standard InChI is InChI=1S/C29H23BrCl2N4O/c1-3-24-25(27-34-35-28(37-27)29(14-15-29)18-6-4-17(2)5-7-18)33-26(22-13-10-20(31)16-23(22)32)36(24)21-11-8-19(30)9-12-21/h4-13,16H,3,14-15H2,1-2H3. The van der Waals surface area contributed by atoms with Gasteiger partial charge in [0.15, 0.2) is 0 Å². The van der Waals surface area contributed by atoms with Crippen molar-refractivity contribution in [2.75, 3.05) is 0 Å². The number of hydrogen-bond acceptors (Lipinski definition) is 4. The lowest BCUT2D eigenvalue weighted by Crippen LogP contribution is -2.09. The Kier molecular flexibility index (Phi) is 6.22. The van der Waals surface area contributed by atoms with Crippen LogP contribution in [0.1, 0.15) is 42.5 Å². The third-order valence-electron chi connectivity index (χ3n) is 6.96. The quantitative estimate of drug-likeness (QED) is 0.198. The third kappa shape index (κ3) is 4.31. The van der Waals surface area contributed by atoms with Gasteiger partial charge in [0, 0.05) is 20.7 Å². The van der Waals surface area contributed by atoms with Gasteiger partial charge in [0.1, 0.15) is 11.5 Å². The molecule has 0 radical (unpaired) electrons. The maximum atomic E-state index is 6.65. The van der Waals surface area contributed by atoms with E-state index in [1.807, 2.05) is 36.4 Å². The zero-order valence-corrected chi connectivity index (χ0v) is 23.4. The van der Waals surface area contributed by atoms with Crippen LogP contribution in [0.4, 0.5) is 0 Å². The van der Waals surface area contributed by atoms with E-state index in [0.717, 1.165) is 34.3 Å². The highest BCUT2D eigenvalue weighted by molar-refractivity contribution is 9.10. The highest BCUT2D eigenvalue weighted by atomic mass is 79.9. The zero-order chi connectivity index (χ0) is 25.7. The number of hydrogen-bond donors (Lipinski definition) is 0. The van der Waals surface area contributed by atoms with Gasteiger partial charge in [0.25, 0.3) is 5.89 Å². The van der Waals surface area contributed by atoms with Gasteiger partial charge in [-0.3, -0.25) is 4.57 Å². The molecule has 2 heterocycles. The van der Waals surface area contributed by atoms with Crippen molar-refractivity contribution in [3.05, 3.63) is 104 Å². The van der Waals surface area contributed by atoms with Crippen LogP contribution >= 0.6 is 39.1 Å². The van der Waals surface area contributed by atoms with Crippen LogP contribution in [0, 0.1) is 6.92 Å². The first-order chi connectivity index (χ1) is 17.9. The van der Waals surface area contributed by atoms with Crippen molar-refractivity contribution in [1.29, 1.82) is 0 Å². The number of halogens is 3. The van der Waals surface area contributed by atoms with E-state index >= 15 is 0 Å². The molecule has 0 aliphatic heterocycles. The molecule has 0 atom stereocenters. The van der Waals surface area contributed by atoms with E-state index in [1.165, 1.54) is 11.1 Å². The fourth-order valence-electron chi connectivity index (χ4n) is 4.81. The fourth-order valence-corrected chi connectivity index (χ4v) is 5.56. The molecule has 0 unspecified atom stereocenters. The van der Waals surface area contributed by atoms with Gasteiger partial charge in [-0.05, 0) is 74.2 Å². The minimum Gasteiger partial charge on any atom is -0.418 e. The van der Waals surface area contributed by atoms with Gasteiger partial charge < -0.3 is 4.42 Å². The van der Waals surface area contributed by atoms with Gasteiger partial charge in [-0.1, -0.05) is 75.9 Å². The molecule has 5 aromatic rings. The van der Waals surface area contributed by atoms with E-state index < -0.39 is 0 Å². The van der Waals surface area contributed by atoms with Gasteiger partial charge in [0.05, 0.1) is 16.1 Å². The van der Waals surface area contributed by atoms with Crippen LogP contribution < -0.4 is 0 Å². The summed E-state index contributed by atoms with van der Waals surface area (Å²) < 4.78 is 9.47. The van der Waals surface area contributed by atoms with E-state index in [4.69, 9.17) is 32.6 Å². The summed E-state index contributed by atoms with van der Waals surface area (Å²) in [6.45, 7) is 4.18. The summed E-state index contributed by atoms with van der Waals surface area (Å²) in [4.78, 5) is 5.04. The van der Waals surface area contributed by atoms with Crippen molar-refractivity contribution in [3.63, 3.8) is 0 Å². The van der Waals surface area contributed by atoms with Crippen LogP contribution in [0.2, 0.25) is 10.0 Å². The molecular formula is C29H23BrCl2N4O. The predicted molar refractivity (Wildman–Crippen MR) is 151 cm³/mol. The number of benzene rings is 3. The lowest BCUT2D eigenvalue weighted by molar-refractivity contribution is 0.471. The SMILES string of the molecule is CCc1c(-c2nnc(C3(c4ccc(C)cc4)CC3)o2)nc(-c2ccc(Cl)cc2Cl)n1-c1ccc(Br)cc1. The van der Waals surface area contributed by atoms with Crippen molar-refractivity contribution in [2.45, 2.75) is 38.5 Å². The Morgan fingerprint density at radius 1 is 0.973 bits per heavy atom. The van der Waals surface area contributed by atoms with Gasteiger partial charge in [-0.25, -0.2) is 4.98 Å². The van der Waals surface area contributed by atoms with Crippen molar-refractivity contribution >= 4 is 39.1 Å². The lowest BCUT2D eigenvalue weighted by atomic mass is 9.95. The molecule has 1 aliphatic rings. The number of aryl methyl sites for hydroxylation is 1. The first kappa shape index (κ1) is 24.4. The first-order valence-electron chi connectivity index (χ1n) is 12.1. The summed E-state index contributed by atoms with van der Waals surface area (Å²) in [5.41, 5.74) is 5.56. The highest BCUT2D eigenvalue weighted by Crippen LogP contribution is 2.53. The van der Waals surface area contributed by atoms with Gasteiger partial charge >= 0.3 is 0 Å². The summed E-state index contributed by atoms with van der Waals surface area (Å²) in [6, 6.07) is 22.1. The molecule has 186 valence electrons. The maximum absolute atomic E-state index is 6.65.